The first-order chi connectivity index (χ1) is 8.42. The normalized spacial score (nSPS) is 13.5. The van der Waals surface area contributed by atoms with Gasteiger partial charge in [0.25, 0.3) is 0 Å². The molecule has 0 aliphatic heterocycles. The van der Waals surface area contributed by atoms with Crippen LogP contribution in [0, 0.1) is 0 Å². The van der Waals surface area contributed by atoms with Crippen LogP contribution in [0.5, 0.6) is 0 Å². The fourth-order valence-corrected chi connectivity index (χ4v) is 1.18. The van der Waals surface area contributed by atoms with Crippen LogP contribution in [0.2, 0.25) is 0 Å². The molecule has 9 heteroatoms. The molecule has 0 aliphatic carbocycles. The third-order valence-electron chi connectivity index (χ3n) is 2.01. The lowest BCUT2D eigenvalue weighted by atomic mass is 10.1. The number of carbonyl (C=O) groups is 3. The lowest BCUT2D eigenvalue weighted by Crippen LogP contribution is -2.54. The summed E-state index contributed by atoms with van der Waals surface area (Å²) in [4.78, 5) is 33.6. The molecule has 7 N–H and O–H groups in total. The first-order valence-corrected chi connectivity index (χ1v) is 5.92. The molecule has 0 saturated carbocycles. The maximum Gasteiger partial charge on any atom is 0.305 e. The maximum atomic E-state index is 11.6. The molecule has 8 nitrogen and oxygen atoms in total. The van der Waals surface area contributed by atoms with Crippen molar-refractivity contribution >= 4 is 30.4 Å². The van der Waals surface area contributed by atoms with Crippen molar-refractivity contribution in [2.24, 2.45) is 11.5 Å². The van der Waals surface area contributed by atoms with Crippen LogP contribution in [0.4, 0.5) is 0 Å². The molecule has 0 fully saturated rings. The first-order valence-electron chi connectivity index (χ1n) is 5.28. The molecule has 2 atom stereocenters. The highest BCUT2D eigenvalue weighted by Crippen LogP contribution is 1.94. The highest BCUT2D eigenvalue weighted by Gasteiger charge is 2.25. The molecule has 0 aliphatic rings. The summed E-state index contributed by atoms with van der Waals surface area (Å²) in [6.07, 6.45) is -0.526. The van der Waals surface area contributed by atoms with E-state index >= 15 is 0 Å². The van der Waals surface area contributed by atoms with Crippen molar-refractivity contribution in [2.75, 3.05) is 18.8 Å². The van der Waals surface area contributed by atoms with E-state index in [1.54, 1.807) is 0 Å². The number of hydrogen-bond acceptors (Lipinski definition) is 6. The summed E-state index contributed by atoms with van der Waals surface area (Å²) in [5.74, 6) is -2.06. The highest BCUT2D eigenvalue weighted by atomic mass is 32.1. The van der Waals surface area contributed by atoms with Crippen molar-refractivity contribution in [3.8, 4) is 0 Å². The van der Waals surface area contributed by atoms with Gasteiger partial charge in [-0.05, 0) is 0 Å². The average Bonchev–Trinajstić information content (AvgIpc) is 2.33. The number of rotatable bonds is 8. The van der Waals surface area contributed by atoms with Gasteiger partial charge < -0.3 is 27.2 Å². The Balaban J connectivity index is 4.52. The zero-order chi connectivity index (χ0) is 14.1. The molecule has 0 aromatic heterocycles. The lowest BCUT2D eigenvalue weighted by molar-refractivity contribution is -0.140. The van der Waals surface area contributed by atoms with Gasteiger partial charge in [0.2, 0.25) is 11.8 Å². The Kier molecular flexibility index (Phi) is 8.08. The fraction of sp³-hybridized carbons (Fsp3) is 0.667. The second-order valence-corrected chi connectivity index (χ2v) is 3.96. The van der Waals surface area contributed by atoms with Crippen LogP contribution in [-0.4, -0.2) is 53.8 Å². The third-order valence-corrected chi connectivity index (χ3v) is 2.24. The van der Waals surface area contributed by atoms with Crippen LogP contribution in [0.15, 0.2) is 0 Å². The van der Waals surface area contributed by atoms with E-state index in [1.165, 1.54) is 0 Å². The van der Waals surface area contributed by atoms with Crippen LogP contribution in [0.25, 0.3) is 0 Å². The van der Waals surface area contributed by atoms with Crippen LogP contribution >= 0.6 is 12.6 Å². The smallest absolute Gasteiger partial charge is 0.305 e. The number of carboxylic acids is 1. The van der Waals surface area contributed by atoms with Crippen LogP contribution in [-0.2, 0) is 14.4 Å². The lowest BCUT2D eigenvalue weighted by Gasteiger charge is -2.18. The minimum atomic E-state index is -1.21. The Hall–Kier alpha value is -1.32. The molecule has 0 unspecified atom stereocenters. The summed E-state index contributed by atoms with van der Waals surface area (Å²) >= 11 is 3.90. The summed E-state index contributed by atoms with van der Waals surface area (Å²) < 4.78 is 0. The summed E-state index contributed by atoms with van der Waals surface area (Å²) in [6, 6.07) is -2.15. The molecule has 18 heavy (non-hydrogen) atoms. The van der Waals surface area contributed by atoms with E-state index in [9.17, 15) is 14.4 Å². The molecular formula is C9H18N4O4S. The van der Waals surface area contributed by atoms with E-state index in [0.717, 1.165) is 0 Å². The second kappa shape index (κ2) is 8.72. The van der Waals surface area contributed by atoms with E-state index in [4.69, 9.17) is 16.6 Å². The van der Waals surface area contributed by atoms with Gasteiger partial charge in [0, 0.05) is 18.8 Å². The fourth-order valence-electron chi connectivity index (χ4n) is 1.07. The van der Waals surface area contributed by atoms with Crippen molar-refractivity contribution in [1.29, 1.82) is 0 Å². The predicted octanol–water partition coefficient (Wildman–Crippen LogP) is -2.72. The van der Waals surface area contributed by atoms with Crippen molar-refractivity contribution in [3.05, 3.63) is 0 Å². The van der Waals surface area contributed by atoms with Gasteiger partial charge in [0.15, 0.2) is 0 Å². The molecule has 0 radical (unpaired) electrons. The van der Waals surface area contributed by atoms with Gasteiger partial charge >= 0.3 is 5.97 Å². The summed E-state index contributed by atoms with van der Waals surface area (Å²) in [5.41, 5.74) is 10.6. The van der Waals surface area contributed by atoms with Crippen molar-refractivity contribution in [2.45, 2.75) is 18.5 Å². The van der Waals surface area contributed by atoms with Crippen LogP contribution < -0.4 is 22.1 Å². The summed E-state index contributed by atoms with van der Waals surface area (Å²) in [5, 5.41) is 13.3. The van der Waals surface area contributed by atoms with E-state index < -0.39 is 36.3 Å². The number of hydrogen-bond donors (Lipinski definition) is 6. The zero-order valence-corrected chi connectivity index (χ0v) is 10.7. The molecule has 0 spiro atoms. The third kappa shape index (κ3) is 6.42. The molecular weight excluding hydrogens is 260 g/mol. The number of carbonyl (C=O) groups excluding carboxylic acids is 2. The van der Waals surface area contributed by atoms with Crippen molar-refractivity contribution < 1.29 is 19.5 Å². The van der Waals surface area contributed by atoms with Crippen molar-refractivity contribution in [1.82, 2.24) is 10.6 Å². The minimum Gasteiger partial charge on any atom is -0.481 e. The van der Waals surface area contributed by atoms with E-state index in [0.29, 0.717) is 5.75 Å². The van der Waals surface area contributed by atoms with Crippen molar-refractivity contribution in [3.63, 3.8) is 0 Å². The molecule has 0 rings (SSSR count). The second-order valence-electron chi connectivity index (χ2n) is 3.52. The summed E-state index contributed by atoms with van der Waals surface area (Å²) in [7, 11) is 0. The van der Waals surface area contributed by atoms with Gasteiger partial charge in [0.1, 0.15) is 6.04 Å². The number of aliphatic carboxylic acids is 1. The number of thiol groups is 1. The standard InChI is InChI=1S/C9H18N4O4S/c10-4-5(11)8(16)13-6(3-7(14)15)9(17)12-1-2-18/h5-6,18H,1-4,10-11H2,(H,12,17)(H,13,16)(H,14,15)/t5-,6-/m0/s1. The minimum absolute atomic E-state index is 0.0934. The monoisotopic (exact) mass is 278 g/mol. The zero-order valence-electron chi connectivity index (χ0n) is 9.76. The summed E-state index contributed by atoms with van der Waals surface area (Å²) in [6.45, 7) is 0.181. The largest absolute Gasteiger partial charge is 0.481 e. The van der Waals surface area contributed by atoms with E-state index in [-0.39, 0.29) is 13.1 Å². The molecule has 2 amide bonds. The molecule has 0 aromatic rings. The number of nitrogens with two attached hydrogens (primary N) is 2. The van der Waals surface area contributed by atoms with Gasteiger partial charge in [-0.25, -0.2) is 0 Å². The van der Waals surface area contributed by atoms with Crippen LogP contribution in [0.3, 0.4) is 0 Å². The Labute approximate surface area is 110 Å². The molecule has 0 saturated heterocycles. The molecule has 0 aromatic carbocycles. The quantitative estimate of drug-likeness (QED) is 0.266. The van der Waals surface area contributed by atoms with E-state index in [1.807, 2.05) is 0 Å². The molecule has 104 valence electrons. The molecule has 0 bridgehead atoms. The predicted molar refractivity (Wildman–Crippen MR) is 68.1 cm³/mol. The van der Waals surface area contributed by atoms with Gasteiger partial charge in [-0.3, -0.25) is 14.4 Å². The van der Waals surface area contributed by atoms with Gasteiger partial charge in [-0.15, -0.1) is 0 Å². The SMILES string of the molecule is NC[C@H](N)C(=O)N[C@@H](CC(=O)O)C(=O)NCCS. The highest BCUT2D eigenvalue weighted by molar-refractivity contribution is 7.80. The number of carboxylic acid groups (broad SMARTS) is 1. The Bertz CT molecular complexity index is 313. The van der Waals surface area contributed by atoms with Gasteiger partial charge in [0.05, 0.1) is 12.5 Å². The first kappa shape index (κ1) is 16.7. The van der Waals surface area contributed by atoms with E-state index in [2.05, 4.69) is 23.3 Å². The number of nitrogens with one attached hydrogen (secondary N) is 2. The van der Waals surface area contributed by atoms with Crippen LogP contribution in [0.1, 0.15) is 6.42 Å². The Morgan fingerprint density at radius 1 is 1.28 bits per heavy atom. The topological polar surface area (TPSA) is 148 Å². The average molecular weight is 278 g/mol. The Morgan fingerprint density at radius 3 is 2.33 bits per heavy atom. The maximum absolute atomic E-state index is 11.6. The van der Waals surface area contributed by atoms with Gasteiger partial charge in [-0.1, -0.05) is 0 Å². The Morgan fingerprint density at radius 2 is 1.89 bits per heavy atom. The molecule has 0 heterocycles. The number of amides is 2. The van der Waals surface area contributed by atoms with Gasteiger partial charge in [-0.2, -0.15) is 12.6 Å².